The van der Waals surface area contributed by atoms with Crippen LogP contribution < -0.4 is 5.32 Å². The van der Waals surface area contributed by atoms with Crippen LogP contribution in [0.5, 0.6) is 0 Å². The average molecular weight is 303 g/mol. The zero-order chi connectivity index (χ0) is 15.5. The summed E-state index contributed by atoms with van der Waals surface area (Å²) in [4.78, 5) is 8.55. The summed E-state index contributed by atoms with van der Waals surface area (Å²) in [6.07, 6.45) is -3.42. The van der Waals surface area contributed by atoms with Crippen molar-refractivity contribution in [3.63, 3.8) is 0 Å². The molecule has 0 saturated heterocycles. The molecule has 0 atom stereocenters. The summed E-state index contributed by atoms with van der Waals surface area (Å²) in [5.74, 6) is 1.02. The van der Waals surface area contributed by atoms with Crippen LogP contribution in [0.4, 0.5) is 19.0 Å². The maximum Gasteiger partial charge on any atom is 0.389 e. The lowest BCUT2D eigenvalue weighted by Gasteiger charge is -2.08. The van der Waals surface area contributed by atoms with Crippen LogP contribution in [0.3, 0.4) is 0 Å². The third-order valence-corrected chi connectivity index (χ3v) is 2.86. The normalized spacial score (nSPS) is 12.0. The van der Waals surface area contributed by atoms with Crippen molar-refractivity contribution in [2.45, 2.75) is 25.6 Å². The van der Waals surface area contributed by atoms with Crippen LogP contribution in [0.2, 0.25) is 0 Å². The standard InChI is InChI=1S/C12H16F3N5O/c1-16-10-8-6-17-20(2)11(8)19-9(18-10)7-21-5-3-4-12(13,14)15/h6H,3-5,7H2,1-2H3,(H,16,18,19). The van der Waals surface area contributed by atoms with Crippen LogP contribution in [0.25, 0.3) is 11.0 Å². The summed E-state index contributed by atoms with van der Waals surface area (Å²) in [6, 6.07) is 0. The highest BCUT2D eigenvalue weighted by atomic mass is 19.4. The van der Waals surface area contributed by atoms with Crippen molar-refractivity contribution in [2.24, 2.45) is 7.05 Å². The van der Waals surface area contributed by atoms with Gasteiger partial charge in [-0.15, -0.1) is 0 Å². The second-order valence-electron chi connectivity index (χ2n) is 4.52. The van der Waals surface area contributed by atoms with E-state index in [1.54, 1.807) is 25.0 Å². The third-order valence-electron chi connectivity index (χ3n) is 2.86. The number of hydrogen-bond acceptors (Lipinski definition) is 5. The fraction of sp³-hybridized carbons (Fsp3) is 0.583. The van der Waals surface area contributed by atoms with E-state index in [9.17, 15) is 13.2 Å². The van der Waals surface area contributed by atoms with Gasteiger partial charge in [0.25, 0.3) is 0 Å². The molecule has 0 aliphatic carbocycles. The second kappa shape index (κ2) is 6.25. The van der Waals surface area contributed by atoms with Crippen LogP contribution >= 0.6 is 0 Å². The Kier molecular flexibility index (Phi) is 4.61. The minimum Gasteiger partial charge on any atom is -0.373 e. The molecule has 2 aromatic heterocycles. The van der Waals surface area contributed by atoms with E-state index < -0.39 is 12.6 Å². The van der Waals surface area contributed by atoms with Crippen molar-refractivity contribution in [2.75, 3.05) is 19.0 Å². The van der Waals surface area contributed by atoms with Crippen LogP contribution in [-0.4, -0.2) is 39.6 Å². The number of rotatable bonds is 6. The van der Waals surface area contributed by atoms with Gasteiger partial charge in [-0.3, -0.25) is 4.68 Å². The Labute approximate surface area is 119 Å². The number of hydrogen-bond donors (Lipinski definition) is 1. The monoisotopic (exact) mass is 303 g/mol. The number of fused-ring (bicyclic) bond motifs is 1. The largest absolute Gasteiger partial charge is 0.389 e. The predicted molar refractivity (Wildman–Crippen MR) is 70.8 cm³/mol. The highest BCUT2D eigenvalue weighted by molar-refractivity contribution is 5.86. The molecule has 21 heavy (non-hydrogen) atoms. The number of nitrogens with one attached hydrogen (secondary N) is 1. The molecule has 0 spiro atoms. The third kappa shape index (κ3) is 4.03. The van der Waals surface area contributed by atoms with Gasteiger partial charge in [-0.25, -0.2) is 9.97 Å². The fourth-order valence-electron chi connectivity index (χ4n) is 1.86. The second-order valence-corrected chi connectivity index (χ2v) is 4.52. The van der Waals surface area contributed by atoms with Gasteiger partial charge in [0.2, 0.25) is 0 Å². The molecule has 0 radical (unpaired) electrons. The zero-order valence-corrected chi connectivity index (χ0v) is 11.7. The van der Waals surface area contributed by atoms with Crippen molar-refractivity contribution in [1.82, 2.24) is 19.7 Å². The molecule has 2 rings (SSSR count). The number of anilines is 1. The van der Waals surface area contributed by atoms with Gasteiger partial charge >= 0.3 is 6.18 Å². The molecule has 0 amide bonds. The Morgan fingerprint density at radius 2 is 2.10 bits per heavy atom. The van der Waals surface area contributed by atoms with Crippen LogP contribution in [-0.2, 0) is 18.4 Å². The van der Waals surface area contributed by atoms with E-state index in [-0.39, 0.29) is 19.6 Å². The first-order valence-electron chi connectivity index (χ1n) is 6.41. The molecule has 0 aliphatic rings. The molecule has 6 nitrogen and oxygen atoms in total. The molecule has 2 aromatic rings. The van der Waals surface area contributed by atoms with Gasteiger partial charge < -0.3 is 10.1 Å². The van der Waals surface area contributed by atoms with Gasteiger partial charge in [0.05, 0.1) is 11.6 Å². The van der Waals surface area contributed by atoms with E-state index in [0.717, 1.165) is 5.39 Å². The molecule has 0 fully saturated rings. The van der Waals surface area contributed by atoms with Crippen LogP contribution in [0.1, 0.15) is 18.7 Å². The van der Waals surface area contributed by atoms with Crippen molar-refractivity contribution in [1.29, 1.82) is 0 Å². The maximum atomic E-state index is 12.0. The van der Waals surface area contributed by atoms with E-state index in [1.165, 1.54) is 0 Å². The number of ether oxygens (including phenoxy) is 1. The lowest BCUT2D eigenvalue weighted by molar-refractivity contribution is -0.138. The molecular formula is C12H16F3N5O. The van der Waals surface area contributed by atoms with Crippen molar-refractivity contribution in [3.8, 4) is 0 Å². The van der Waals surface area contributed by atoms with E-state index in [1.807, 2.05) is 0 Å². The Hall–Kier alpha value is -1.90. The number of aromatic nitrogens is 4. The molecule has 116 valence electrons. The minimum atomic E-state index is -4.15. The summed E-state index contributed by atoms with van der Waals surface area (Å²) in [5.41, 5.74) is 0.642. The molecule has 1 N–H and O–H groups in total. The van der Waals surface area contributed by atoms with Gasteiger partial charge in [0, 0.05) is 27.1 Å². The van der Waals surface area contributed by atoms with Gasteiger partial charge in [0.15, 0.2) is 11.5 Å². The smallest absolute Gasteiger partial charge is 0.373 e. The first-order valence-corrected chi connectivity index (χ1v) is 6.41. The number of aryl methyl sites for hydroxylation is 1. The van der Waals surface area contributed by atoms with Gasteiger partial charge in [-0.2, -0.15) is 18.3 Å². The van der Waals surface area contributed by atoms with Gasteiger partial charge in [0.1, 0.15) is 12.4 Å². The number of alkyl halides is 3. The van der Waals surface area contributed by atoms with Crippen LogP contribution in [0, 0.1) is 0 Å². The zero-order valence-electron chi connectivity index (χ0n) is 11.7. The van der Waals surface area contributed by atoms with Crippen molar-refractivity contribution in [3.05, 3.63) is 12.0 Å². The highest BCUT2D eigenvalue weighted by Crippen LogP contribution is 2.21. The first-order chi connectivity index (χ1) is 9.90. The van der Waals surface area contributed by atoms with E-state index in [4.69, 9.17) is 4.74 Å². The van der Waals surface area contributed by atoms with E-state index in [2.05, 4.69) is 20.4 Å². The minimum absolute atomic E-state index is 0.0151. The summed E-state index contributed by atoms with van der Waals surface area (Å²) < 4.78 is 42.8. The number of nitrogens with zero attached hydrogens (tertiary/aromatic N) is 4. The Morgan fingerprint density at radius 3 is 2.76 bits per heavy atom. The quantitative estimate of drug-likeness (QED) is 0.829. The SMILES string of the molecule is CNc1nc(COCCCC(F)(F)F)nc2c1cnn2C. The summed E-state index contributed by atoms with van der Waals surface area (Å²) in [7, 11) is 3.48. The fourth-order valence-corrected chi connectivity index (χ4v) is 1.86. The molecule has 0 saturated carbocycles. The molecule has 2 heterocycles. The van der Waals surface area contributed by atoms with Crippen molar-refractivity contribution < 1.29 is 17.9 Å². The molecule has 0 unspecified atom stereocenters. The van der Waals surface area contributed by atoms with Crippen LogP contribution in [0.15, 0.2) is 6.20 Å². The summed E-state index contributed by atoms with van der Waals surface area (Å²) in [6.45, 7) is 0.0782. The number of halogens is 3. The predicted octanol–water partition coefficient (Wildman–Crippen LogP) is 2.26. The maximum absolute atomic E-state index is 12.0. The van der Waals surface area contributed by atoms with E-state index in [0.29, 0.717) is 17.3 Å². The Balaban J connectivity index is 1.97. The molecule has 0 aromatic carbocycles. The van der Waals surface area contributed by atoms with Gasteiger partial charge in [-0.05, 0) is 6.42 Å². The lowest BCUT2D eigenvalue weighted by atomic mass is 10.3. The lowest BCUT2D eigenvalue weighted by Crippen LogP contribution is -2.09. The molecular weight excluding hydrogens is 287 g/mol. The molecule has 0 bridgehead atoms. The summed E-state index contributed by atoms with van der Waals surface area (Å²) >= 11 is 0. The summed E-state index contributed by atoms with van der Waals surface area (Å²) in [5, 5.41) is 7.81. The highest BCUT2D eigenvalue weighted by Gasteiger charge is 2.25. The first kappa shape index (κ1) is 15.5. The van der Waals surface area contributed by atoms with Crippen molar-refractivity contribution >= 4 is 16.9 Å². The topological polar surface area (TPSA) is 64.9 Å². The Morgan fingerprint density at radius 1 is 1.33 bits per heavy atom. The Bertz CT molecular complexity index is 611. The molecule has 9 heteroatoms. The average Bonchev–Trinajstić information content (AvgIpc) is 2.78. The van der Waals surface area contributed by atoms with E-state index >= 15 is 0 Å². The van der Waals surface area contributed by atoms with Gasteiger partial charge in [-0.1, -0.05) is 0 Å². The molecule has 0 aliphatic heterocycles.